The maximum absolute atomic E-state index is 2.28. The zero-order valence-corrected chi connectivity index (χ0v) is 17.1. The minimum atomic E-state index is 0. The van der Waals surface area contributed by atoms with Crippen LogP contribution in [-0.2, 0) is 6.54 Å². The highest BCUT2D eigenvalue weighted by Crippen LogP contribution is 2.32. The summed E-state index contributed by atoms with van der Waals surface area (Å²) >= 11 is 0. The van der Waals surface area contributed by atoms with Crippen molar-refractivity contribution in [3.63, 3.8) is 0 Å². The summed E-state index contributed by atoms with van der Waals surface area (Å²) in [5.74, 6) is 0. The Hall–Kier alpha value is -2.84. The third-order valence-corrected chi connectivity index (χ3v) is 5.15. The van der Waals surface area contributed by atoms with Crippen molar-refractivity contribution in [2.75, 3.05) is 11.4 Å². The van der Waals surface area contributed by atoms with E-state index in [9.17, 15) is 0 Å². The van der Waals surface area contributed by atoms with Crippen molar-refractivity contribution in [1.29, 1.82) is 0 Å². The summed E-state index contributed by atoms with van der Waals surface area (Å²) in [4.78, 5) is 2.28. The van der Waals surface area contributed by atoms with Crippen LogP contribution < -0.4 is 21.9 Å². The van der Waals surface area contributed by atoms with Gasteiger partial charge < -0.3 is 17.3 Å². The minimum absolute atomic E-state index is 0. The van der Waals surface area contributed by atoms with E-state index in [0.717, 1.165) is 13.1 Å². The normalized spacial score (nSPS) is 14.5. The molecule has 28 heavy (non-hydrogen) atoms. The number of halogens is 1. The molecule has 0 saturated heterocycles. The lowest BCUT2D eigenvalue weighted by molar-refractivity contribution is -0.667. The minimum Gasteiger partial charge on any atom is -1.00 e. The van der Waals surface area contributed by atoms with Crippen LogP contribution in [0.2, 0.25) is 0 Å². The molecule has 0 saturated carbocycles. The summed E-state index contributed by atoms with van der Waals surface area (Å²) in [6.45, 7) is 6.31. The number of rotatable bonds is 4. The Bertz CT molecular complexity index is 1060. The van der Waals surface area contributed by atoms with E-state index in [1.54, 1.807) is 0 Å². The number of benzene rings is 2. The van der Waals surface area contributed by atoms with Crippen molar-refractivity contribution < 1.29 is 17.0 Å². The maximum atomic E-state index is 2.28. The number of para-hydroxylation sites is 2. The Morgan fingerprint density at radius 2 is 1.75 bits per heavy atom. The highest BCUT2D eigenvalue weighted by atomic mass is 35.5. The van der Waals surface area contributed by atoms with E-state index >= 15 is 0 Å². The molecule has 1 aromatic heterocycles. The maximum Gasteiger partial charge on any atom is 0.213 e. The first-order valence-electron chi connectivity index (χ1n) is 9.65. The molecule has 0 amide bonds. The van der Waals surface area contributed by atoms with Crippen molar-refractivity contribution in [3.05, 3.63) is 96.3 Å². The van der Waals surface area contributed by atoms with E-state index in [1.807, 2.05) is 0 Å². The summed E-state index contributed by atoms with van der Waals surface area (Å²) < 4.78 is 2.28. The van der Waals surface area contributed by atoms with Crippen LogP contribution in [0, 0.1) is 0 Å². The number of allylic oxidation sites excluding steroid dienone is 4. The van der Waals surface area contributed by atoms with Crippen LogP contribution >= 0.6 is 0 Å². The highest BCUT2D eigenvalue weighted by molar-refractivity contribution is 5.89. The second kappa shape index (κ2) is 8.90. The Morgan fingerprint density at radius 1 is 0.964 bits per heavy atom. The first kappa shape index (κ1) is 19.9. The van der Waals surface area contributed by atoms with Crippen LogP contribution in [0.3, 0.4) is 0 Å². The Morgan fingerprint density at radius 3 is 2.57 bits per heavy atom. The quantitative estimate of drug-likeness (QED) is 0.623. The van der Waals surface area contributed by atoms with E-state index in [-0.39, 0.29) is 12.4 Å². The molecule has 2 aromatic carbocycles. The fourth-order valence-electron chi connectivity index (χ4n) is 3.71. The van der Waals surface area contributed by atoms with Crippen molar-refractivity contribution in [1.82, 2.24) is 0 Å². The van der Waals surface area contributed by atoms with E-state index in [4.69, 9.17) is 0 Å². The zero-order valence-electron chi connectivity index (χ0n) is 16.3. The van der Waals surface area contributed by atoms with Gasteiger partial charge in [-0.2, -0.15) is 4.57 Å². The molecule has 2 nitrogen and oxygen atoms in total. The van der Waals surface area contributed by atoms with Gasteiger partial charge in [-0.15, -0.1) is 0 Å². The lowest BCUT2D eigenvalue weighted by Gasteiger charge is -2.26. The molecule has 142 valence electrons. The number of nitrogens with zero attached hydrogens (tertiary/aromatic N) is 2. The molecular formula is C25H25ClN2. The van der Waals surface area contributed by atoms with Crippen LogP contribution in [0.5, 0.6) is 0 Å². The lowest BCUT2D eigenvalue weighted by atomic mass is 9.99. The van der Waals surface area contributed by atoms with E-state index in [2.05, 4.69) is 115 Å². The predicted octanol–water partition coefficient (Wildman–Crippen LogP) is 2.60. The van der Waals surface area contributed by atoms with Crippen LogP contribution in [0.1, 0.15) is 25.0 Å². The number of aryl methyl sites for hydroxylation is 1. The largest absolute Gasteiger partial charge is 1.00 e. The SMILES string of the molecule is CCN1C=CC(=CC=Cc2cc[n+](CC)c3ccccc23)c2ccccc21.[Cl-]. The molecule has 3 heteroatoms. The molecule has 1 aliphatic rings. The highest BCUT2D eigenvalue weighted by Gasteiger charge is 2.13. The third-order valence-electron chi connectivity index (χ3n) is 5.15. The van der Waals surface area contributed by atoms with Gasteiger partial charge >= 0.3 is 0 Å². The molecule has 0 aliphatic carbocycles. The van der Waals surface area contributed by atoms with Crippen molar-refractivity contribution in [2.45, 2.75) is 20.4 Å². The average molecular weight is 389 g/mol. The molecule has 0 spiro atoms. The second-order valence-electron chi connectivity index (χ2n) is 6.67. The van der Waals surface area contributed by atoms with Crippen molar-refractivity contribution >= 4 is 28.2 Å². The molecule has 0 unspecified atom stereocenters. The molecule has 3 aromatic rings. The molecule has 0 bridgehead atoms. The molecule has 0 N–H and O–H groups in total. The van der Waals surface area contributed by atoms with Gasteiger partial charge in [0.25, 0.3) is 0 Å². The van der Waals surface area contributed by atoms with Crippen LogP contribution in [0.25, 0.3) is 22.6 Å². The van der Waals surface area contributed by atoms with Gasteiger partial charge in [0.2, 0.25) is 5.52 Å². The van der Waals surface area contributed by atoms with E-state index < -0.39 is 0 Å². The van der Waals surface area contributed by atoms with Crippen molar-refractivity contribution in [2.24, 2.45) is 0 Å². The van der Waals surface area contributed by atoms with Crippen LogP contribution in [0.4, 0.5) is 5.69 Å². The van der Waals surface area contributed by atoms with Gasteiger partial charge in [0, 0.05) is 36.1 Å². The molecule has 4 rings (SSSR count). The average Bonchev–Trinajstić information content (AvgIpc) is 2.74. The van der Waals surface area contributed by atoms with Gasteiger partial charge in [0.05, 0.1) is 5.39 Å². The van der Waals surface area contributed by atoms with Crippen LogP contribution in [0.15, 0.2) is 85.2 Å². The molecule has 1 aliphatic heterocycles. The summed E-state index contributed by atoms with van der Waals surface area (Å²) in [7, 11) is 0. The predicted molar refractivity (Wildman–Crippen MR) is 115 cm³/mol. The summed E-state index contributed by atoms with van der Waals surface area (Å²) in [5, 5.41) is 1.29. The fourth-order valence-corrected chi connectivity index (χ4v) is 3.71. The van der Waals surface area contributed by atoms with Gasteiger partial charge in [-0.1, -0.05) is 48.6 Å². The van der Waals surface area contributed by atoms with Gasteiger partial charge in [0.15, 0.2) is 6.20 Å². The standard InChI is InChI=1S/C25H25N2.ClH/c1-3-26-18-16-20(22-12-5-7-14-24(22)26)10-9-11-21-17-19-27(4-2)25-15-8-6-13-23(21)25;/h5-19H,3-4H2,1-2H3;1H/q+1;/p-1. The molecule has 2 heterocycles. The topological polar surface area (TPSA) is 7.12 Å². The number of hydrogen-bond donors (Lipinski definition) is 0. The molecular weight excluding hydrogens is 364 g/mol. The van der Waals surface area contributed by atoms with Gasteiger partial charge in [0.1, 0.15) is 6.54 Å². The number of pyridine rings is 1. The third kappa shape index (κ3) is 3.74. The molecule has 0 fully saturated rings. The molecule has 0 radical (unpaired) electrons. The number of fused-ring (bicyclic) bond motifs is 2. The Balaban J connectivity index is 0.00000225. The first-order valence-corrected chi connectivity index (χ1v) is 9.65. The molecule has 0 atom stereocenters. The van der Waals surface area contributed by atoms with Gasteiger partial charge in [-0.05, 0) is 43.2 Å². The summed E-state index contributed by atoms with van der Waals surface area (Å²) in [6.07, 6.45) is 13.1. The Labute approximate surface area is 173 Å². The summed E-state index contributed by atoms with van der Waals surface area (Å²) in [6, 6.07) is 19.4. The van der Waals surface area contributed by atoms with E-state index in [0.29, 0.717) is 0 Å². The van der Waals surface area contributed by atoms with E-state index in [1.165, 1.54) is 33.3 Å². The fraction of sp³-hybridized carbons (Fsp3) is 0.160. The van der Waals surface area contributed by atoms with Crippen LogP contribution in [-0.4, -0.2) is 6.54 Å². The second-order valence-corrected chi connectivity index (χ2v) is 6.67. The number of anilines is 1. The van der Waals surface area contributed by atoms with Gasteiger partial charge in [-0.25, -0.2) is 0 Å². The lowest BCUT2D eigenvalue weighted by Crippen LogP contribution is -3.00. The first-order chi connectivity index (χ1) is 13.3. The number of hydrogen-bond acceptors (Lipinski definition) is 1. The van der Waals surface area contributed by atoms with Crippen molar-refractivity contribution in [3.8, 4) is 0 Å². The zero-order chi connectivity index (χ0) is 18.6. The number of aromatic nitrogens is 1. The van der Waals surface area contributed by atoms with Gasteiger partial charge in [-0.3, -0.25) is 0 Å². The Kier molecular flexibility index (Phi) is 6.33. The summed E-state index contributed by atoms with van der Waals surface area (Å²) in [5.41, 5.74) is 6.33. The monoisotopic (exact) mass is 388 g/mol. The smallest absolute Gasteiger partial charge is 0.213 e.